The zero-order valence-corrected chi connectivity index (χ0v) is 11.4. The Kier molecular flexibility index (Phi) is 3.89. The van der Waals surface area contributed by atoms with Crippen molar-refractivity contribution >= 4 is 11.6 Å². The number of nitrogens with zero attached hydrogens (tertiary/aromatic N) is 1. The highest BCUT2D eigenvalue weighted by Crippen LogP contribution is 2.34. The lowest BCUT2D eigenvalue weighted by molar-refractivity contribution is 0.415. The van der Waals surface area contributed by atoms with E-state index in [0.29, 0.717) is 11.6 Å². The van der Waals surface area contributed by atoms with Crippen LogP contribution in [0.1, 0.15) is 11.4 Å². The molecule has 0 fully saturated rings. The summed E-state index contributed by atoms with van der Waals surface area (Å²) in [4.78, 5) is 0. The molecular weight excluding hydrogens is 250 g/mol. The van der Waals surface area contributed by atoms with Crippen molar-refractivity contribution in [1.82, 2.24) is 15.5 Å². The third kappa shape index (κ3) is 2.35. The Morgan fingerprint density at radius 2 is 2.22 bits per heavy atom. The minimum atomic E-state index is 0.663. The predicted molar refractivity (Wildman–Crippen MR) is 73.1 cm³/mol. The summed E-state index contributed by atoms with van der Waals surface area (Å²) in [5.41, 5.74) is 3.99. The Hall–Kier alpha value is -1.52. The molecule has 0 amide bonds. The molecule has 96 valence electrons. The van der Waals surface area contributed by atoms with E-state index in [0.717, 1.165) is 28.3 Å². The molecule has 0 aliphatic carbocycles. The van der Waals surface area contributed by atoms with Crippen molar-refractivity contribution in [3.8, 4) is 16.9 Å². The molecule has 18 heavy (non-hydrogen) atoms. The molecule has 0 spiro atoms. The Labute approximate surface area is 111 Å². The Balaban J connectivity index is 2.51. The van der Waals surface area contributed by atoms with Crippen LogP contribution in [0.2, 0.25) is 5.02 Å². The van der Waals surface area contributed by atoms with Gasteiger partial charge in [0.15, 0.2) is 0 Å². The van der Waals surface area contributed by atoms with Gasteiger partial charge in [0.1, 0.15) is 5.75 Å². The maximum Gasteiger partial charge on any atom is 0.120 e. The Bertz CT molecular complexity index is 551. The second-order valence-electron chi connectivity index (χ2n) is 4.05. The van der Waals surface area contributed by atoms with Gasteiger partial charge in [-0.05, 0) is 32.2 Å². The smallest absolute Gasteiger partial charge is 0.120 e. The quantitative estimate of drug-likeness (QED) is 0.894. The van der Waals surface area contributed by atoms with Crippen molar-refractivity contribution in [1.29, 1.82) is 0 Å². The van der Waals surface area contributed by atoms with Crippen LogP contribution in [0.3, 0.4) is 0 Å². The molecule has 0 aliphatic heterocycles. The first-order valence-corrected chi connectivity index (χ1v) is 6.07. The molecular formula is C13H16ClN3O. The topological polar surface area (TPSA) is 49.9 Å². The molecule has 0 unspecified atom stereocenters. The molecule has 1 aromatic carbocycles. The van der Waals surface area contributed by atoms with Crippen LogP contribution < -0.4 is 10.1 Å². The van der Waals surface area contributed by atoms with E-state index in [4.69, 9.17) is 16.3 Å². The molecule has 2 rings (SSSR count). The standard InChI is InChI=1S/C13H16ClN3O/c1-8-13(12(7-15-2)17-16-8)10-5-4-9(18-3)6-11(10)14/h4-6,15H,7H2,1-3H3,(H,16,17). The Morgan fingerprint density at radius 1 is 1.44 bits per heavy atom. The lowest BCUT2D eigenvalue weighted by atomic mass is 10.0. The second-order valence-corrected chi connectivity index (χ2v) is 4.45. The van der Waals surface area contributed by atoms with Gasteiger partial charge in [0.05, 0.1) is 17.8 Å². The predicted octanol–water partition coefficient (Wildman–Crippen LogP) is 2.77. The van der Waals surface area contributed by atoms with E-state index in [1.165, 1.54) is 0 Å². The third-order valence-corrected chi connectivity index (χ3v) is 3.12. The van der Waals surface area contributed by atoms with Gasteiger partial charge in [-0.3, -0.25) is 5.10 Å². The highest BCUT2D eigenvalue weighted by molar-refractivity contribution is 6.33. The largest absolute Gasteiger partial charge is 0.497 e. The lowest BCUT2D eigenvalue weighted by Gasteiger charge is -2.08. The first-order valence-electron chi connectivity index (χ1n) is 5.69. The zero-order chi connectivity index (χ0) is 13.1. The number of hydrogen-bond acceptors (Lipinski definition) is 3. The van der Waals surface area contributed by atoms with Crippen LogP contribution in [0.5, 0.6) is 5.75 Å². The summed E-state index contributed by atoms with van der Waals surface area (Å²) >= 11 is 6.30. The number of methoxy groups -OCH3 is 1. The van der Waals surface area contributed by atoms with E-state index in [9.17, 15) is 0 Å². The number of H-pyrrole nitrogens is 1. The second kappa shape index (κ2) is 5.42. The maximum absolute atomic E-state index is 6.30. The van der Waals surface area contributed by atoms with Crippen LogP contribution in [-0.2, 0) is 6.54 Å². The van der Waals surface area contributed by atoms with Gasteiger partial charge < -0.3 is 10.1 Å². The number of aromatic nitrogens is 2. The average molecular weight is 266 g/mol. The Morgan fingerprint density at radius 3 is 2.83 bits per heavy atom. The number of benzene rings is 1. The van der Waals surface area contributed by atoms with E-state index < -0.39 is 0 Å². The lowest BCUT2D eigenvalue weighted by Crippen LogP contribution is -2.06. The van der Waals surface area contributed by atoms with Crippen molar-refractivity contribution < 1.29 is 4.74 Å². The molecule has 0 bridgehead atoms. The van der Waals surface area contributed by atoms with Crippen molar-refractivity contribution in [2.75, 3.05) is 14.2 Å². The summed E-state index contributed by atoms with van der Waals surface area (Å²) in [7, 11) is 3.52. The molecule has 2 aromatic rings. The van der Waals surface area contributed by atoms with Crippen LogP contribution in [0.25, 0.3) is 11.1 Å². The highest BCUT2D eigenvalue weighted by Gasteiger charge is 2.15. The van der Waals surface area contributed by atoms with Gasteiger partial charge in [0, 0.05) is 23.4 Å². The van der Waals surface area contributed by atoms with Gasteiger partial charge in [-0.1, -0.05) is 11.6 Å². The fourth-order valence-corrected chi connectivity index (χ4v) is 2.22. The summed E-state index contributed by atoms with van der Waals surface area (Å²) in [6.07, 6.45) is 0. The fourth-order valence-electron chi connectivity index (χ4n) is 1.96. The van der Waals surface area contributed by atoms with E-state index in [1.54, 1.807) is 7.11 Å². The molecule has 5 heteroatoms. The fraction of sp³-hybridized carbons (Fsp3) is 0.308. The number of halogens is 1. The highest BCUT2D eigenvalue weighted by atomic mass is 35.5. The van der Waals surface area contributed by atoms with E-state index in [1.807, 2.05) is 32.2 Å². The summed E-state index contributed by atoms with van der Waals surface area (Å²) in [5.74, 6) is 0.750. The molecule has 0 saturated carbocycles. The first kappa shape index (κ1) is 12.9. The summed E-state index contributed by atoms with van der Waals surface area (Å²) in [5, 5.41) is 11.0. The van der Waals surface area contributed by atoms with E-state index in [-0.39, 0.29) is 0 Å². The third-order valence-electron chi connectivity index (χ3n) is 2.81. The number of aryl methyl sites for hydroxylation is 1. The molecule has 0 atom stereocenters. The first-order chi connectivity index (χ1) is 8.67. The summed E-state index contributed by atoms with van der Waals surface area (Å²) < 4.78 is 5.16. The summed E-state index contributed by atoms with van der Waals surface area (Å²) in [6, 6.07) is 5.67. The molecule has 1 aromatic heterocycles. The van der Waals surface area contributed by atoms with Gasteiger partial charge in [-0.2, -0.15) is 5.10 Å². The minimum Gasteiger partial charge on any atom is -0.497 e. The monoisotopic (exact) mass is 265 g/mol. The number of hydrogen-bond donors (Lipinski definition) is 2. The molecule has 0 aliphatic rings. The van der Waals surface area contributed by atoms with E-state index >= 15 is 0 Å². The summed E-state index contributed by atoms with van der Waals surface area (Å²) in [6.45, 7) is 2.68. The van der Waals surface area contributed by atoms with Crippen molar-refractivity contribution in [2.24, 2.45) is 0 Å². The van der Waals surface area contributed by atoms with Crippen LogP contribution in [0.15, 0.2) is 18.2 Å². The number of rotatable bonds is 4. The van der Waals surface area contributed by atoms with E-state index in [2.05, 4.69) is 15.5 Å². The van der Waals surface area contributed by atoms with Crippen LogP contribution in [-0.4, -0.2) is 24.4 Å². The van der Waals surface area contributed by atoms with Gasteiger partial charge in [-0.25, -0.2) is 0 Å². The number of ether oxygens (including phenoxy) is 1. The molecule has 4 nitrogen and oxygen atoms in total. The van der Waals surface area contributed by atoms with Crippen LogP contribution >= 0.6 is 11.6 Å². The van der Waals surface area contributed by atoms with Crippen LogP contribution in [0.4, 0.5) is 0 Å². The van der Waals surface area contributed by atoms with Gasteiger partial charge in [0.2, 0.25) is 0 Å². The molecule has 2 N–H and O–H groups in total. The van der Waals surface area contributed by atoms with Crippen LogP contribution in [0, 0.1) is 6.92 Å². The van der Waals surface area contributed by atoms with Crippen molar-refractivity contribution in [2.45, 2.75) is 13.5 Å². The van der Waals surface area contributed by atoms with Gasteiger partial charge in [-0.15, -0.1) is 0 Å². The number of nitrogens with one attached hydrogen (secondary N) is 2. The molecule has 0 saturated heterocycles. The normalized spacial score (nSPS) is 10.7. The van der Waals surface area contributed by atoms with Crippen molar-refractivity contribution in [3.05, 3.63) is 34.6 Å². The van der Waals surface area contributed by atoms with Gasteiger partial charge in [0.25, 0.3) is 0 Å². The van der Waals surface area contributed by atoms with Gasteiger partial charge >= 0.3 is 0 Å². The van der Waals surface area contributed by atoms with Crippen molar-refractivity contribution in [3.63, 3.8) is 0 Å². The molecule has 1 heterocycles. The molecule has 0 radical (unpaired) electrons. The minimum absolute atomic E-state index is 0.663. The number of aromatic amines is 1. The SMILES string of the molecule is CNCc1n[nH]c(C)c1-c1ccc(OC)cc1Cl. The zero-order valence-electron chi connectivity index (χ0n) is 10.7. The average Bonchev–Trinajstić information content (AvgIpc) is 2.71. The maximum atomic E-state index is 6.30.